The number of pyridine rings is 1. The average molecular weight is 166 g/mol. The SMILES string of the molecule is COc1ccc2c(n1)OCCN2. The maximum absolute atomic E-state index is 5.31. The van der Waals surface area contributed by atoms with Gasteiger partial charge in [-0.1, -0.05) is 0 Å². The van der Waals surface area contributed by atoms with Gasteiger partial charge in [-0.3, -0.25) is 0 Å². The fraction of sp³-hybridized carbons (Fsp3) is 0.375. The summed E-state index contributed by atoms with van der Waals surface area (Å²) in [6, 6.07) is 3.71. The van der Waals surface area contributed by atoms with Crippen LogP contribution in [0.2, 0.25) is 0 Å². The molecule has 1 aromatic rings. The largest absolute Gasteiger partial charge is 0.481 e. The molecule has 0 amide bonds. The third kappa shape index (κ3) is 1.15. The molecule has 1 aromatic heterocycles. The number of hydrogen-bond donors (Lipinski definition) is 1. The zero-order valence-corrected chi connectivity index (χ0v) is 6.83. The molecule has 0 radical (unpaired) electrons. The highest BCUT2D eigenvalue weighted by Crippen LogP contribution is 2.26. The summed E-state index contributed by atoms with van der Waals surface area (Å²) in [6.45, 7) is 1.49. The number of nitrogens with zero attached hydrogens (tertiary/aromatic N) is 1. The van der Waals surface area contributed by atoms with Gasteiger partial charge in [0.05, 0.1) is 12.8 Å². The molecule has 1 aliphatic rings. The predicted molar refractivity (Wildman–Crippen MR) is 44.8 cm³/mol. The van der Waals surface area contributed by atoms with Crippen molar-refractivity contribution in [1.82, 2.24) is 4.98 Å². The van der Waals surface area contributed by atoms with Crippen molar-refractivity contribution in [1.29, 1.82) is 0 Å². The first-order chi connectivity index (χ1) is 5.90. The van der Waals surface area contributed by atoms with Gasteiger partial charge in [-0.15, -0.1) is 0 Å². The minimum atomic E-state index is 0.581. The topological polar surface area (TPSA) is 43.4 Å². The van der Waals surface area contributed by atoms with Crippen LogP contribution in [0.25, 0.3) is 0 Å². The number of methoxy groups -OCH3 is 1. The van der Waals surface area contributed by atoms with Gasteiger partial charge in [-0.05, 0) is 6.07 Å². The van der Waals surface area contributed by atoms with Crippen molar-refractivity contribution in [2.75, 3.05) is 25.6 Å². The predicted octanol–water partition coefficient (Wildman–Crippen LogP) is 0.894. The summed E-state index contributed by atoms with van der Waals surface area (Å²) >= 11 is 0. The molecule has 0 unspecified atom stereocenters. The van der Waals surface area contributed by atoms with Crippen molar-refractivity contribution in [3.05, 3.63) is 12.1 Å². The fourth-order valence-corrected chi connectivity index (χ4v) is 1.12. The van der Waals surface area contributed by atoms with Crippen LogP contribution in [-0.2, 0) is 0 Å². The summed E-state index contributed by atoms with van der Waals surface area (Å²) in [5.41, 5.74) is 0.932. The molecule has 2 rings (SSSR count). The number of fused-ring (bicyclic) bond motifs is 1. The number of hydrogen-bond acceptors (Lipinski definition) is 4. The van der Waals surface area contributed by atoms with Gasteiger partial charge in [0.15, 0.2) is 0 Å². The van der Waals surface area contributed by atoms with E-state index in [1.807, 2.05) is 6.07 Å². The Morgan fingerprint density at radius 2 is 2.50 bits per heavy atom. The van der Waals surface area contributed by atoms with Crippen molar-refractivity contribution in [2.24, 2.45) is 0 Å². The van der Waals surface area contributed by atoms with E-state index in [-0.39, 0.29) is 0 Å². The van der Waals surface area contributed by atoms with Gasteiger partial charge in [0.1, 0.15) is 6.61 Å². The summed E-state index contributed by atoms with van der Waals surface area (Å²) < 4.78 is 10.3. The van der Waals surface area contributed by atoms with Gasteiger partial charge in [0, 0.05) is 12.6 Å². The van der Waals surface area contributed by atoms with Gasteiger partial charge in [-0.2, -0.15) is 4.98 Å². The van der Waals surface area contributed by atoms with Crippen molar-refractivity contribution in [2.45, 2.75) is 0 Å². The molecule has 0 spiro atoms. The second-order valence-corrected chi connectivity index (χ2v) is 2.48. The van der Waals surface area contributed by atoms with Crippen LogP contribution in [0.3, 0.4) is 0 Å². The second kappa shape index (κ2) is 2.89. The summed E-state index contributed by atoms with van der Waals surface area (Å²) in [5, 5.41) is 3.17. The van der Waals surface area contributed by atoms with Crippen molar-refractivity contribution < 1.29 is 9.47 Å². The Hall–Kier alpha value is -1.45. The van der Waals surface area contributed by atoms with Crippen LogP contribution in [0.1, 0.15) is 0 Å². The van der Waals surface area contributed by atoms with Crippen LogP contribution in [0, 0.1) is 0 Å². The van der Waals surface area contributed by atoms with Gasteiger partial charge >= 0.3 is 0 Å². The number of aromatic nitrogens is 1. The zero-order valence-electron chi connectivity index (χ0n) is 6.83. The van der Waals surface area contributed by atoms with Crippen LogP contribution in [0.4, 0.5) is 5.69 Å². The first-order valence-corrected chi connectivity index (χ1v) is 3.82. The van der Waals surface area contributed by atoms with Crippen molar-refractivity contribution in [3.8, 4) is 11.8 Å². The minimum absolute atomic E-state index is 0.581. The molecule has 0 saturated heterocycles. The Bertz CT molecular complexity index is 288. The Labute approximate surface area is 70.5 Å². The molecule has 0 atom stereocenters. The maximum atomic E-state index is 5.31. The molecule has 1 aliphatic heterocycles. The molecule has 4 heteroatoms. The smallest absolute Gasteiger partial charge is 0.240 e. The van der Waals surface area contributed by atoms with Crippen molar-refractivity contribution >= 4 is 5.69 Å². The van der Waals surface area contributed by atoms with Crippen LogP contribution in [-0.4, -0.2) is 25.2 Å². The highest BCUT2D eigenvalue weighted by atomic mass is 16.5. The van der Waals surface area contributed by atoms with E-state index < -0.39 is 0 Å². The molecule has 0 aromatic carbocycles. The molecule has 1 N–H and O–H groups in total. The maximum Gasteiger partial charge on any atom is 0.240 e. The van der Waals surface area contributed by atoms with E-state index >= 15 is 0 Å². The number of rotatable bonds is 1. The Kier molecular flexibility index (Phi) is 1.74. The highest BCUT2D eigenvalue weighted by Gasteiger charge is 2.10. The monoisotopic (exact) mass is 166 g/mol. The number of nitrogens with one attached hydrogen (secondary N) is 1. The van der Waals surface area contributed by atoms with Gasteiger partial charge < -0.3 is 14.8 Å². The van der Waals surface area contributed by atoms with E-state index in [1.54, 1.807) is 13.2 Å². The molecule has 0 fully saturated rings. The third-order valence-electron chi connectivity index (χ3n) is 1.70. The van der Waals surface area contributed by atoms with Gasteiger partial charge in [0.2, 0.25) is 11.8 Å². The molecular formula is C8H10N2O2. The van der Waals surface area contributed by atoms with Crippen molar-refractivity contribution in [3.63, 3.8) is 0 Å². The minimum Gasteiger partial charge on any atom is -0.481 e. The van der Waals surface area contributed by atoms with E-state index in [0.717, 1.165) is 12.2 Å². The lowest BCUT2D eigenvalue weighted by Crippen LogP contribution is -2.18. The molecule has 0 saturated carbocycles. The quantitative estimate of drug-likeness (QED) is 0.673. The summed E-state index contributed by atoms with van der Waals surface area (Å²) in [7, 11) is 1.59. The Balaban J connectivity index is 2.36. The van der Waals surface area contributed by atoms with E-state index in [4.69, 9.17) is 9.47 Å². The van der Waals surface area contributed by atoms with E-state index in [0.29, 0.717) is 18.4 Å². The second-order valence-electron chi connectivity index (χ2n) is 2.48. The third-order valence-corrected chi connectivity index (χ3v) is 1.70. The fourth-order valence-electron chi connectivity index (χ4n) is 1.12. The standard InChI is InChI=1S/C8H10N2O2/c1-11-7-3-2-6-8(10-7)12-5-4-9-6/h2-3,9H,4-5H2,1H3. The van der Waals surface area contributed by atoms with Crippen LogP contribution in [0.15, 0.2) is 12.1 Å². The first-order valence-electron chi connectivity index (χ1n) is 3.82. The lowest BCUT2D eigenvalue weighted by molar-refractivity contribution is 0.302. The Morgan fingerprint density at radius 1 is 1.58 bits per heavy atom. The summed E-state index contributed by atoms with van der Waals surface area (Å²) in [4.78, 5) is 4.12. The number of anilines is 1. The highest BCUT2D eigenvalue weighted by molar-refractivity contribution is 5.54. The van der Waals surface area contributed by atoms with Gasteiger partial charge in [-0.25, -0.2) is 0 Å². The summed E-state index contributed by atoms with van der Waals surface area (Å²) in [6.07, 6.45) is 0. The van der Waals surface area contributed by atoms with E-state index in [1.165, 1.54) is 0 Å². The van der Waals surface area contributed by atoms with Crippen LogP contribution in [0.5, 0.6) is 11.8 Å². The van der Waals surface area contributed by atoms with Crippen LogP contribution < -0.4 is 14.8 Å². The molecule has 12 heavy (non-hydrogen) atoms. The first kappa shape index (κ1) is 7.21. The number of ether oxygens (including phenoxy) is 2. The molecule has 2 heterocycles. The van der Waals surface area contributed by atoms with E-state index in [9.17, 15) is 0 Å². The molecule has 0 bridgehead atoms. The average Bonchev–Trinajstić information content (AvgIpc) is 2.17. The van der Waals surface area contributed by atoms with Gasteiger partial charge in [0.25, 0.3) is 0 Å². The molecular weight excluding hydrogens is 156 g/mol. The normalized spacial score (nSPS) is 14.1. The van der Waals surface area contributed by atoms with Crippen LogP contribution >= 0.6 is 0 Å². The zero-order chi connectivity index (χ0) is 8.39. The molecule has 4 nitrogen and oxygen atoms in total. The molecule has 0 aliphatic carbocycles. The van der Waals surface area contributed by atoms with E-state index in [2.05, 4.69) is 10.3 Å². The lowest BCUT2D eigenvalue weighted by Gasteiger charge is -2.17. The Morgan fingerprint density at radius 3 is 3.33 bits per heavy atom. The summed E-state index contributed by atoms with van der Waals surface area (Å²) in [5.74, 6) is 1.21. The molecule has 64 valence electrons. The lowest BCUT2D eigenvalue weighted by atomic mass is 10.3.